The van der Waals surface area contributed by atoms with Crippen molar-refractivity contribution in [3.05, 3.63) is 30.1 Å². The monoisotopic (exact) mass is 316 g/mol. The van der Waals surface area contributed by atoms with Gasteiger partial charge in [-0.2, -0.15) is 0 Å². The van der Waals surface area contributed by atoms with Crippen molar-refractivity contribution in [2.24, 2.45) is 0 Å². The molecule has 2 N–H and O–H groups in total. The van der Waals surface area contributed by atoms with Gasteiger partial charge in [0.25, 0.3) is 0 Å². The first-order valence-electron chi connectivity index (χ1n) is 8.34. The second-order valence-electron chi connectivity index (χ2n) is 5.85. The smallest absolute Gasteiger partial charge is 0.317 e. The third kappa shape index (κ3) is 4.01. The Morgan fingerprint density at radius 1 is 1.48 bits per heavy atom. The van der Waals surface area contributed by atoms with Gasteiger partial charge in [-0.25, -0.2) is 9.78 Å². The fraction of sp³-hybridized carbons (Fsp3) is 0.529. The summed E-state index contributed by atoms with van der Waals surface area (Å²) in [5.74, 6) is 0.900. The molecule has 0 spiro atoms. The van der Waals surface area contributed by atoms with E-state index in [1.807, 2.05) is 36.1 Å². The predicted octanol–water partition coefficient (Wildman–Crippen LogP) is 2.32. The van der Waals surface area contributed by atoms with Crippen molar-refractivity contribution in [3.63, 3.8) is 0 Å². The number of imidazole rings is 1. The van der Waals surface area contributed by atoms with Gasteiger partial charge < -0.3 is 19.9 Å². The third-order valence-corrected chi connectivity index (χ3v) is 4.14. The molecular formula is C17H24N4O2. The summed E-state index contributed by atoms with van der Waals surface area (Å²) < 4.78 is 5.63. The van der Waals surface area contributed by atoms with Crippen molar-refractivity contribution >= 4 is 17.1 Å². The van der Waals surface area contributed by atoms with Crippen molar-refractivity contribution in [1.29, 1.82) is 0 Å². The molecule has 6 heteroatoms. The Bertz CT molecular complexity index is 620. The summed E-state index contributed by atoms with van der Waals surface area (Å²) in [7, 11) is 0. The summed E-state index contributed by atoms with van der Waals surface area (Å²) in [6.07, 6.45) is 2.91. The number of hydrogen-bond acceptors (Lipinski definition) is 3. The number of ether oxygens (including phenoxy) is 1. The summed E-state index contributed by atoms with van der Waals surface area (Å²) in [4.78, 5) is 21.9. The Kier molecular flexibility index (Phi) is 5.12. The Morgan fingerprint density at radius 3 is 3.17 bits per heavy atom. The van der Waals surface area contributed by atoms with Crippen LogP contribution < -0.4 is 5.32 Å². The van der Waals surface area contributed by atoms with Crippen LogP contribution in [0.15, 0.2) is 24.3 Å². The summed E-state index contributed by atoms with van der Waals surface area (Å²) in [6, 6.07) is 7.93. The van der Waals surface area contributed by atoms with Crippen LogP contribution in [-0.2, 0) is 11.2 Å². The van der Waals surface area contributed by atoms with Crippen LogP contribution in [0, 0.1) is 0 Å². The molecule has 6 nitrogen and oxygen atoms in total. The number of fused-ring (bicyclic) bond motifs is 1. The number of rotatable bonds is 5. The first-order valence-corrected chi connectivity index (χ1v) is 8.34. The Balaban J connectivity index is 1.47. The summed E-state index contributed by atoms with van der Waals surface area (Å²) in [5, 5.41) is 2.98. The second-order valence-corrected chi connectivity index (χ2v) is 5.85. The quantitative estimate of drug-likeness (QED) is 0.889. The molecule has 1 unspecified atom stereocenters. The lowest BCUT2D eigenvalue weighted by atomic mass is 10.1. The van der Waals surface area contributed by atoms with E-state index in [-0.39, 0.29) is 12.1 Å². The lowest BCUT2D eigenvalue weighted by molar-refractivity contribution is 0.0165. The fourth-order valence-electron chi connectivity index (χ4n) is 3.02. The van der Waals surface area contributed by atoms with E-state index < -0.39 is 0 Å². The van der Waals surface area contributed by atoms with Crippen LogP contribution in [0.25, 0.3) is 11.0 Å². The molecule has 0 radical (unpaired) electrons. The van der Waals surface area contributed by atoms with Gasteiger partial charge in [-0.05, 0) is 31.9 Å². The van der Waals surface area contributed by atoms with E-state index in [2.05, 4.69) is 15.3 Å². The Morgan fingerprint density at radius 2 is 2.35 bits per heavy atom. The van der Waals surface area contributed by atoms with Crippen molar-refractivity contribution in [3.8, 4) is 0 Å². The lowest BCUT2D eigenvalue weighted by Gasteiger charge is -2.32. The second kappa shape index (κ2) is 7.46. The van der Waals surface area contributed by atoms with Gasteiger partial charge in [0.1, 0.15) is 5.82 Å². The van der Waals surface area contributed by atoms with Crippen molar-refractivity contribution < 1.29 is 9.53 Å². The zero-order valence-corrected chi connectivity index (χ0v) is 13.5. The highest BCUT2D eigenvalue weighted by Crippen LogP contribution is 2.13. The SMILES string of the molecule is CCOC1CCCN(C(=O)NCCc2nc3ccccc3[nH]2)C1. The number of urea groups is 1. The van der Waals surface area contributed by atoms with E-state index in [1.165, 1.54) is 0 Å². The Labute approximate surface area is 136 Å². The number of likely N-dealkylation sites (tertiary alicyclic amines) is 1. The molecule has 1 aromatic heterocycles. The van der Waals surface area contributed by atoms with Gasteiger partial charge in [0, 0.05) is 32.7 Å². The van der Waals surface area contributed by atoms with Gasteiger partial charge in [-0.1, -0.05) is 12.1 Å². The number of carbonyl (C=O) groups is 1. The molecule has 1 saturated heterocycles. The van der Waals surface area contributed by atoms with E-state index in [0.29, 0.717) is 26.1 Å². The third-order valence-electron chi connectivity index (χ3n) is 4.14. The van der Waals surface area contributed by atoms with E-state index in [0.717, 1.165) is 36.2 Å². The maximum Gasteiger partial charge on any atom is 0.317 e. The number of aromatic amines is 1. The van der Waals surface area contributed by atoms with Crippen LogP contribution in [0.5, 0.6) is 0 Å². The van der Waals surface area contributed by atoms with E-state index >= 15 is 0 Å². The van der Waals surface area contributed by atoms with Crippen LogP contribution >= 0.6 is 0 Å². The number of aromatic nitrogens is 2. The van der Waals surface area contributed by atoms with Crippen LogP contribution in [0.2, 0.25) is 0 Å². The van der Waals surface area contributed by atoms with Gasteiger partial charge >= 0.3 is 6.03 Å². The molecule has 1 aliphatic heterocycles. The van der Waals surface area contributed by atoms with Gasteiger partial charge in [0.15, 0.2) is 0 Å². The first-order chi connectivity index (χ1) is 11.3. The van der Waals surface area contributed by atoms with Gasteiger partial charge in [0.2, 0.25) is 0 Å². The molecule has 1 aliphatic rings. The summed E-state index contributed by atoms with van der Waals surface area (Å²) in [5.41, 5.74) is 1.99. The fourth-order valence-corrected chi connectivity index (χ4v) is 3.02. The molecule has 3 rings (SSSR count). The molecule has 124 valence electrons. The first kappa shape index (κ1) is 15.8. The molecule has 2 aromatic rings. The van der Waals surface area contributed by atoms with E-state index in [4.69, 9.17) is 4.74 Å². The number of nitrogens with zero attached hydrogens (tertiary/aromatic N) is 2. The van der Waals surface area contributed by atoms with E-state index in [1.54, 1.807) is 0 Å². The van der Waals surface area contributed by atoms with Crippen molar-refractivity contribution in [2.45, 2.75) is 32.3 Å². The molecule has 0 aliphatic carbocycles. The highest BCUT2D eigenvalue weighted by molar-refractivity contribution is 5.75. The molecule has 2 amide bonds. The largest absolute Gasteiger partial charge is 0.377 e. The average Bonchev–Trinajstić information content (AvgIpc) is 2.98. The van der Waals surface area contributed by atoms with Gasteiger partial charge in [0.05, 0.1) is 17.1 Å². The molecule has 2 heterocycles. The number of piperidine rings is 1. The molecular weight excluding hydrogens is 292 g/mol. The molecule has 1 atom stereocenters. The number of para-hydroxylation sites is 2. The van der Waals surface area contributed by atoms with Crippen LogP contribution in [0.1, 0.15) is 25.6 Å². The Hall–Kier alpha value is -2.08. The highest BCUT2D eigenvalue weighted by Gasteiger charge is 2.23. The zero-order valence-electron chi connectivity index (χ0n) is 13.5. The van der Waals surface area contributed by atoms with Crippen LogP contribution in [0.3, 0.4) is 0 Å². The number of nitrogens with one attached hydrogen (secondary N) is 2. The zero-order chi connectivity index (χ0) is 16.1. The van der Waals surface area contributed by atoms with Gasteiger partial charge in [-0.15, -0.1) is 0 Å². The van der Waals surface area contributed by atoms with Crippen LogP contribution in [-0.4, -0.2) is 53.2 Å². The lowest BCUT2D eigenvalue weighted by Crippen LogP contribution is -2.48. The molecule has 1 aromatic carbocycles. The highest BCUT2D eigenvalue weighted by atomic mass is 16.5. The van der Waals surface area contributed by atoms with Crippen LogP contribution in [0.4, 0.5) is 4.79 Å². The number of amides is 2. The maximum atomic E-state index is 12.2. The minimum atomic E-state index is -0.00878. The molecule has 0 bridgehead atoms. The van der Waals surface area contributed by atoms with Crippen molar-refractivity contribution in [2.75, 3.05) is 26.2 Å². The summed E-state index contributed by atoms with van der Waals surface area (Å²) >= 11 is 0. The molecule has 1 fully saturated rings. The van der Waals surface area contributed by atoms with Crippen molar-refractivity contribution in [1.82, 2.24) is 20.2 Å². The standard InChI is InChI=1S/C17H24N4O2/c1-2-23-13-6-5-11-21(12-13)17(22)18-10-9-16-19-14-7-3-4-8-15(14)20-16/h3-4,7-8,13H,2,5-6,9-12H2,1H3,(H,18,22)(H,19,20). The average molecular weight is 316 g/mol. The van der Waals surface area contributed by atoms with E-state index in [9.17, 15) is 4.79 Å². The maximum absolute atomic E-state index is 12.2. The predicted molar refractivity (Wildman–Crippen MR) is 89.4 cm³/mol. The number of benzene rings is 1. The number of H-pyrrole nitrogens is 1. The topological polar surface area (TPSA) is 70.2 Å². The number of carbonyl (C=O) groups excluding carboxylic acids is 1. The number of hydrogen-bond donors (Lipinski definition) is 2. The van der Waals surface area contributed by atoms with Gasteiger partial charge in [-0.3, -0.25) is 0 Å². The molecule has 23 heavy (non-hydrogen) atoms. The minimum absolute atomic E-state index is 0.00878. The normalized spacial score (nSPS) is 18.3. The molecule has 0 saturated carbocycles. The minimum Gasteiger partial charge on any atom is -0.377 e. The summed E-state index contributed by atoms with van der Waals surface area (Å²) in [6.45, 7) is 4.76.